The lowest BCUT2D eigenvalue weighted by atomic mass is 9.90. The Hall–Kier alpha value is -2.80. The molecule has 3 heterocycles. The number of carbonyl (C=O) groups excluding carboxylic acids is 2. The van der Waals surface area contributed by atoms with Crippen LogP contribution in [0, 0.1) is 22.2 Å². The van der Waals surface area contributed by atoms with Crippen molar-refractivity contribution in [3.05, 3.63) is 23.0 Å². The van der Waals surface area contributed by atoms with Crippen LogP contribution in [-0.2, 0) is 47.2 Å². The Labute approximate surface area is 296 Å². The standard InChI is InChI=1S/C32H45ClFN4O10PS/c1-7-31(3,4)29(39)44-17-46-49(41,47-18-45-30(40)32(5,6)8-2)19-50(42,43)16-22-9-10-25(48-22)38-12-11-23-26(36-21-13-20(34)14-21)24(15-35)27(33)37-28(23)38/h11-12,20-22,25H,7-10,13-14,16-19H2,1-6H3,(H,36,37)/t20-,21+,22-,25+/m0/s1. The number of sulfone groups is 1. The number of carbonyl (C=O) groups is 2. The van der Waals surface area contributed by atoms with E-state index in [0.29, 0.717) is 55.2 Å². The smallest absolute Gasteiger partial charge is 0.351 e. The monoisotopic (exact) mass is 762 g/mol. The van der Waals surface area contributed by atoms with Gasteiger partial charge in [-0.2, -0.15) is 5.26 Å². The van der Waals surface area contributed by atoms with E-state index in [1.807, 2.05) is 0 Å². The van der Waals surface area contributed by atoms with Crippen molar-refractivity contribution in [2.24, 2.45) is 10.8 Å². The predicted molar refractivity (Wildman–Crippen MR) is 183 cm³/mol. The quantitative estimate of drug-likeness (QED) is 0.0785. The SMILES string of the molecule is CCC(C)(C)C(=O)OCOP(=O)(CS(=O)(=O)C[C@@H]1CC[C@H](n2ccc3c(N[C@H]4C[C@@H](F)C4)c(C#N)c(Cl)nc32)O1)OCOC(=O)C(C)(C)CC. The summed E-state index contributed by atoms with van der Waals surface area (Å²) in [5.41, 5.74) is -1.85. The number of anilines is 1. The van der Waals surface area contributed by atoms with Gasteiger partial charge in [-0.15, -0.1) is 0 Å². The molecule has 0 bridgehead atoms. The lowest BCUT2D eigenvalue weighted by Crippen LogP contribution is -2.36. The maximum atomic E-state index is 13.7. The summed E-state index contributed by atoms with van der Waals surface area (Å²) in [5.74, 6) is -1.84. The van der Waals surface area contributed by atoms with E-state index < -0.39 is 83.5 Å². The number of nitriles is 1. The fraction of sp³-hybridized carbons (Fsp3) is 0.688. The summed E-state index contributed by atoms with van der Waals surface area (Å²) in [6.07, 6.45) is 1.55. The zero-order valence-electron chi connectivity index (χ0n) is 29.1. The van der Waals surface area contributed by atoms with Crippen molar-refractivity contribution in [1.82, 2.24) is 9.55 Å². The first-order chi connectivity index (χ1) is 23.3. The van der Waals surface area contributed by atoms with Crippen molar-refractivity contribution in [3.63, 3.8) is 0 Å². The number of esters is 2. The van der Waals surface area contributed by atoms with Gasteiger partial charge in [0.2, 0.25) is 13.6 Å². The van der Waals surface area contributed by atoms with Crippen LogP contribution >= 0.6 is 19.2 Å². The number of fused-ring (bicyclic) bond motifs is 1. The van der Waals surface area contributed by atoms with E-state index in [0.717, 1.165) is 0 Å². The minimum atomic E-state index is -4.54. The van der Waals surface area contributed by atoms with Gasteiger partial charge in [0.15, 0.2) is 20.5 Å². The van der Waals surface area contributed by atoms with Crippen molar-refractivity contribution in [1.29, 1.82) is 5.26 Å². The molecule has 2 aromatic rings. The molecule has 18 heteroatoms. The van der Waals surface area contributed by atoms with Gasteiger partial charge >= 0.3 is 19.5 Å². The van der Waals surface area contributed by atoms with Crippen molar-refractivity contribution in [2.75, 3.05) is 30.1 Å². The third-order valence-corrected chi connectivity index (χ3v) is 14.3. The molecule has 2 fully saturated rings. The Balaban J connectivity index is 1.45. The summed E-state index contributed by atoms with van der Waals surface area (Å²) in [6.45, 7) is 8.48. The summed E-state index contributed by atoms with van der Waals surface area (Å²) in [4.78, 5) is 29.2. The molecule has 1 aliphatic heterocycles. The van der Waals surface area contributed by atoms with Crippen LogP contribution in [0.1, 0.15) is 91.9 Å². The molecule has 14 nitrogen and oxygen atoms in total. The number of ether oxygens (including phenoxy) is 3. The van der Waals surface area contributed by atoms with E-state index in [-0.39, 0.29) is 16.8 Å². The van der Waals surface area contributed by atoms with Gasteiger partial charge in [-0.1, -0.05) is 25.4 Å². The Morgan fingerprint density at radius 1 is 1.12 bits per heavy atom. The van der Waals surface area contributed by atoms with Gasteiger partial charge in [-0.25, -0.2) is 17.8 Å². The summed E-state index contributed by atoms with van der Waals surface area (Å²) in [5, 5.41) is 13.5. The van der Waals surface area contributed by atoms with E-state index in [1.54, 1.807) is 58.4 Å². The summed E-state index contributed by atoms with van der Waals surface area (Å²) < 4.78 is 82.5. The lowest BCUT2D eigenvalue weighted by molar-refractivity contribution is -0.163. The van der Waals surface area contributed by atoms with Crippen molar-refractivity contribution >= 4 is 57.7 Å². The van der Waals surface area contributed by atoms with Gasteiger partial charge in [0.1, 0.15) is 29.7 Å². The molecule has 1 aliphatic carbocycles. The minimum Gasteiger partial charge on any atom is -0.438 e. The fourth-order valence-electron chi connectivity index (χ4n) is 5.20. The van der Waals surface area contributed by atoms with Crippen LogP contribution in [0.25, 0.3) is 11.0 Å². The van der Waals surface area contributed by atoms with E-state index in [2.05, 4.69) is 16.4 Å². The molecule has 2 aromatic heterocycles. The average molecular weight is 763 g/mol. The van der Waals surface area contributed by atoms with Gasteiger partial charge < -0.3 is 24.1 Å². The first kappa shape index (κ1) is 40.0. The number of pyridine rings is 1. The molecule has 278 valence electrons. The second-order valence-corrected chi connectivity index (χ2v) is 18.9. The number of rotatable bonds is 17. The van der Waals surface area contributed by atoms with Gasteiger partial charge in [-0.3, -0.25) is 23.2 Å². The van der Waals surface area contributed by atoms with E-state index >= 15 is 0 Å². The number of hydrogen-bond donors (Lipinski definition) is 1. The van der Waals surface area contributed by atoms with Crippen LogP contribution in [-0.4, -0.2) is 73.1 Å². The van der Waals surface area contributed by atoms with E-state index in [9.17, 15) is 32.2 Å². The summed E-state index contributed by atoms with van der Waals surface area (Å²) >= 11 is 6.37. The van der Waals surface area contributed by atoms with Crippen molar-refractivity contribution in [2.45, 2.75) is 105 Å². The second kappa shape index (κ2) is 15.8. The highest BCUT2D eigenvalue weighted by Crippen LogP contribution is 2.50. The molecule has 2 atom stereocenters. The Kier molecular flexibility index (Phi) is 12.7. The van der Waals surface area contributed by atoms with Gasteiger partial charge in [0.25, 0.3) is 0 Å². The first-order valence-corrected chi connectivity index (χ1v) is 20.4. The van der Waals surface area contributed by atoms with E-state index in [1.165, 1.54) is 0 Å². The molecule has 50 heavy (non-hydrogen) atoms. The molecule has 1 saturated carbocycles. The van der Waals surface area contributed by atoms with Gasteiger partial charge in [-0.05, 0) is 72.3 Å². The summed E-state index contributed by atoms with van der Waals surface area (Å²) in [6, 6.07) is 3.63. The van der Waals surface area contributed by atoms with Crippen LogP contribution in [0.5, 0.6) is 0 Å². The van der Waals surface area contributed by atoms with Crippen LogP contribution in [0.4, 0.5) is 10.1 Å². The molecule has 4 rings (SSSR count). The van der Waals surface area contributed by atoms with Gasteiger partial charge in [0, 0.05) is 17.6 Å². The second-order valence-electron chi connectivity index (χ2n) is 13.9. The zero-order chi connectivity index (χ0) is 37.1. The third-order valence-electron chi connectivity index (χ3n) is 9.30. The Morgan fingerprint density at radius 2 is 1.70 bits per heavy atom. The normalized spacial score (nSPS) is 21.4. The number of aromatic nitrogens is 2. The largest absolute Gasteiger partial charge is 0.438 e. The number of nitrogens with zero attached hydrogens (tertiary/aromatic N) is 3. The number of alkyl halides is 1. The Morgan fingerprint density at radius 3 is 2.22 bits per heavy atom. The highest BCUT2D eigenvalue weighted by molar-refractivity contribution is 7.97. The lowest BCUT2D eigenvalue weighted by Gasteiger charge is -2.31. The van der Waals surface area contributed by atoms with Crippen LogP contribution in [0.3, 0.4) is 0 Å². The molecule has 1 N–H and O–H groups in total. The molecule has 0 spiro atoms. The van der Waals surface area contributed by atoms with Crippen molar-refractivity contribution in [3.8, 4) is 6.07 Å². The molecule has 0 amide bonds. The molecule has 2 aliphatic rings. The average Bonchev–Trinajstić information content (AvgIpc) is 3.66. The Bertz CT molecular complexity index is 1740. The van der Waals surface area contributed by atoms with Crippen LogP contribution < -0.4 is 5.32 Å². The van der Waals surface area contributed by atoms with E-state index in [4.69, 9.17) is 34.9 Å². The maximum absolute atomic E-state index is 13.7. The highest BCUT2D eigenvalue weighted by Gasteiger charge is 2.39. The van der Waals surface area contributed by atoms with Crippen LogP contribution in [0.15, 0.2) is 12.3 Å². The topological polar surface area (TPSA) is 185 Å². The minimum absolute atomic E-state index is 0.0423. The highest BCUT2D eigenvalue weighted by atomic mass is 35.5. The summed E-state index contributed by atoms with van der Waals surface area (Å²) in [7, 11) is -8.75. The molecule has 0 aromatic carbocycles. The molecular weight excluding hydrogens is 718 g/mol. The van der Waals surface area contributed by atoms with Crippen LogP contribution in [0.2, 0.25) is 5.15 Å². The van der Waals surface area contributed by atoms with Crippen molar-refractivity contribution < 1.29 is 50.2 Å². The predicted octanol–water partition coefficient (Wildman–Crippen LogP) is 6.62. The first-order valence-electron chi connectivity index (χ1n) is 16.4. The molecule has 0 radical (unpaired) electrons. The molecular formula is C32H45ClFN4O10PS. The number of halogens is 2. The molecule has 0 unspecified atom stereocenters. The maximum Gasteiger partial charge on any atom is 0.351 e. The fourth-order valence-corrected chi connectivity index (χ4v) is 9.67. The zero-order valence-corrected chi connectivity index (χ0v) is 31.5. The number of hydrogen-bond acceptors (Lipinski definition) is 13. The third kappa shape index (κ3) is 9.54. The number of nitrogens with one attached hydrogen (secondary N) is 1. The van der Waals surface area contributed by atoms with Gasteiger partial charge in [0.05, 0.1) is 28.4 Å². The molecule has 1 saturated heterocycles.